The summed E-state index contributed by atoms with van der Waals surface area (Å²) in [5.74, 6) is -1.01. The van der Waals surface area contributed by atoms with Crippen LogP contribution in [0.3, 0.4) is 0 Å². The van der Waals surface area contributed by atoms with Crippen molar-refractivity contribution in [1.82, 2.24) is 14.7 Å². The Morgan fingerprint density at radius 1 is 0.889 bits per heavy atom. The zero-order valence-corrected chi connectivity index (χ0v) is 17.4. The number of aromatic carboxylic acids is 1. The van der Waals surface area contributed by atoms with Gasteiger partial charge in [-0.3, -0.25) is 0 Å². The maximum absolute atomic E-state index is 11.3. The molecule has 0 fully saturated rings. The molecule has 5 N–H and O–H groups in total. The summed E-state index contributed by atoms with van der Waals surface area (Å²) in [5, 5.41) is 9.24. The van der Waals surface area contributed by atoms with E-state index < -0.39 is 5.97 Å². The molecule has 0 aromatic heterocycles. The molecule has 0 spiro atoms. The Bertz CT molecular complexity index is 576. The summed E-state index contributed by atoms with van der Waals surface area (Å²) in [6.07, 6.45) is 3.86. The van der Waals surface area contributed by atoms with Gasteiger partial charge in [-0.25, -0.2) is 4.79 Å². The molecule has 1 aromatic carbocycles. The highest BCUT2D eigenvalue weighted by Crippen LogP contribution is 2.25. The van der Waals surface area contributed by atoms with E-state index in [1.54, 1.807) is 6.07 Å². The predicted octanol–water partition coefficient (Wildman–Crippen LogP) is 1.69. The topological polar surface area (TPSA) is 99.1 Å². The molecule has 0 saturated carbocycles. The van der Waals surface area contributed by atoms with Gasteiger partial charge in [0.05, 0.1) is 11.3 Å². The van der Waals surface area contributed by atoms with Crippen molar-refractivity contribution in [1.29, 1.82) is 0 Å². The molecule has 0 aliphatic rings. The minimum absolute atomic E-state index is 0.132. The van der Waals surface area contributed by atoms with Crippen LogP contribution in [-0.4, -0.2) is 86.7 Å². The monoisotopic (exact) mass is 379 g/mol. The third-order valence-electron chi connectivity index (χ3n) is 4.68. The summed E-state index contributed by atoms with van der Waals surface area (Å²) >= 11 is 0. The minimum Gasteiger partial charge on any atom is -0.478 e. The van der Waals surface area contributed by atoms with E-state index >= 15 is 0 Å². The summed E-state index contributed by atoms with van der Waals surface area (Å²) in [4.78, 5) is 18.2. The second kappa shape index (κ2) is 11.8. The summed E-state index contributed by atoms with van der Waals surface area (Å²) in [6, 6.07) is 3.12. The first kappa shape index (κ1) is 23.2. The highest BCUT2D eigenvalue weighted by molar-refractivity contribution is 5.95. The molecule has 1 aromatic rings. The van der Waals surface area contributed by atoms with Crippen LogP contribution in [0.4, 0.5) is 11.4 Å². The minimum atomic E-state index is -1.01. The van der Waals surface area contributed by atoms with Crippen molar-refractivity contribution in [3.8, 4) is 0 Å². The van der Waals surface area contributed by atoms with Gasteiger partial charge in [0.15, 0.2) is 0 Å². The van der Waals surface area contributed by atoms with E-state index in [4.69, 9.17) is 11.5 Å². The fraction of sp³-hybridized carbons (Fsp3) is 0.650. The van der Waals surface area contributed by atoms with E-state index in [2.05, 4.69) is 42.9 Å². The molecule has 0 bridgehead atoms. The van der Waals surface area contributed by atoms with Crippen molar-refractivity contribution in [3.05, 3.63) is 23.3 Å². The third-order valence-corrected chi connectivity index (χ3v) is 4.68. The van der Waals surface area contributed by atoms with Gasteiger partial charge in [0.1, 0.15) is 0 Å². The first-order valence-electron chi connectivity index (χ1n) is 9.64. The van der Waals surface area contributed by atoms with Crippen LogP contribution in [0, 0.1) is 0 Å². The SMILES string of the molecule is CN(C)CCCN(CCCc1c(N)ccc(C(=O)O)c1N)CCCN(C)C. The normalized spacial score (nSPS) is 11.7. The molecule has 0 unspecified atom stereocenters. The van der Waals surface area contributed by atoms with Gasteiger partial charge in [-0.1, -0.05) is 0 Å². The lowest BCUT2D eigenvalue weighted by Gasteiger charge is -2.24. The van der Waals surface area contributed by atoms with Crippen LogP contribution >= 0.6 is 0 Å². The van der Waals surface area contributed by atoms with E-state index in [0.29, 0.717) is 17.8 Å². The van der Waals surface area contributed by atoms with Crippen molar-refractivity contribution in [2.45, 2.75) is 25.7 Å². The molecular weight excluding hydrogens is 342 g/mol. The van der Waals surface area contributed by atoms with Gasteiger partial charge in [-0.15, -0.1) is 0 Å². The van der Waals surface area contributed by atoms with Crippen molar-refractivity contribution in [2.24, 2.45) is 0 Å². The Morgan fingerprint density at radius 3 is 1.89 bits per heavy atom. The highest BCUT2D eigenvalue weighted by Gasteiger charge is 2.14. The molecule has 0 heterocycles. The molecule has 27 heavy (non-hydrogen) atoms. The standard InChI is InChI=1S/C20H37N5O2/c1-23(2)11-6-14-25(15-7-12-24(3)4)13-5-8-16-18(21)10-9-17(19(16)22)20(26)27/h9-10H,5-8,11-15,21-22H2,1-4H3,(H,26,27). The average molecular weight is 380 g/mol. The highest BCUT2D eigenvalue weighted by atomic mass is 16.4. The number of nitrogens with zero attached hydrogens (tertiary/aromatic N) is 3. The van der Waals surface area contributed by atoms with Gasteiger partial charge in [0.2, 0.25) is 0 Å². The number of carbonyl (C=O) groups is 1. The number of nitrogen functional groups attached to an aromatic ring is 2. The summed E-state index contributed by atoms with van der Waals surface area (Å²) in [5.41, 5.74) is 13.8. The number of anilines is 2. The molecular formula is C20H37N5O2. The van der Waals surface area contributed by atoms with E-state index in [9.17, 15) is 9.90 Å². The molecule has 0 radical (unpaired) electrons. The van der Waals surface area contributed by atoms with Crippen LogP contribution in [0.25, 0.3) is 0 Å². The van der Waals surface area contributed by atoms with E-state index in [-0.39, 0.29) is 5.56 Å². The molecule has 0 aliphatic heterocycles. The van der Waals surface area contributed by atoms with Gasteiger partial charge in [-0.05, 0) is 104 Å². The lowest BCUT2D eigenvalue weighted by molar-refractivity contribution is 0.0698. The van der Waals surface area contributed by atoms with E-state index in [0.717, 1.165) is 57.5 Å². The molecule has 154 valence electrons. The number of hydrogen-bond donors (Lipinski definition) is 3. The first-order valence-corrected chi connectivity index (χ1v) is 9.64. The quantitative estimate of drug-likeness (QED) is 0.449. The second-order valence-corrected chi connectivity index (χ2v) is 7.66. The van der Waals surface area contributed by atoms with E-state index in [1.807, 2.05) is 0 Å². The molecule has 0 atom stereocenters. The third kappa shape index (κ3) is 8.60. The Hall–Kier alpha value is -1.83. The van der Waals surface area contributed by atoms with Crippen molar-refractivity contribution >= 4 is 17.3 Å². The molecule has 0 aliphatic carbocycles. The number of rotatable bonds is 13. The summed E-state index contributed by atoms with van der Waals surface area (Å²) in [6.45, 7) is 5.23. The Balaban J connectivity index is 2.63. The lowest BCUT2D eigenvalue weighted by atomic mass is 10.0. The zero-order chi connectivity index (χ0) is 20.4. The maximum Gasteiger partial charge on any atom is 0.337 e. The fourth-order valence-corrected chi connectivity index (χ4v) is 3.18. The number of carboxylic acids is 1. The van der Waals surface area contributed by atoms with Crippen LogP contribution in [0.1, 0.15) is 35.2 Å². The fourth-order valence-electron chi connectivity index (χ4n) is 3.18. The molecule has 0 saturated heterocycles. The number of hydrogen-bond acceptors (Lipinski definition) is 6. The van der Waals surface area contributed by atoms with Crippen molar-refractivity contribution in [2.75, 3.05) is 72.4 Å². The van der Waals surface area contributed by atoms with Crippen LogP contribution in [0.2, 0.25) is 0 Å². The Labute approximate surface area is 163 Å². The smallest absolute Gasteiger partial charge is 0.337 e. The van der Waals surface area contributed by atoms with Crippen LogP contribution in [0.5, 0.6) is 0 Å². The molecule has 0 amide bonds. The van der Waals surface area contributed by atoms with Crippen molar-refractivity contribution in [3.63, 3.8) is 0 Å². The van der Waals surface area contributed by atoms with E-state index in [1.165, 1.54) is 6.07 Å². The summed E-state index contributed by atoms with van der Waals surface area (Å²) < 4.78 is 0. The van der Waals surface area contributed by atoms with Crippen LogP contribution < -0.4 is 11.5 Å². The molecule has 7 nitrogen and oxygen atoms in total. The van der Waals surface area contributed by atoms with Gasteiger partial charge in [-0.2, -0.15) is 0 Å². The van der Waals surface area contributed by atoms with Gasteiger partial charge >= 0.3 is 5.97 Å². The molecule has 7 heteroatoms. The predicted molar refractivity (Wildman–Crippen MR) is 113 cm³/mol. The average Bonchev–Trinajstić information content (AvgIpc) is 2.56. The maximum atomic E-state index is 11.3. The Kier molecular flexibility index (Phi) is 10.1. The van der Waals surface area contributed by atoms with Crippen LogP contribution in [0.15, 0.2) is 12.1 Å². The lowest BCUT2D eigenvalue weighted by Crippen LogP contribution is -2.31. The molecule has 1 rings (SSSR count). The number of nitrogens with two attached hydrogens (primary N) is 2. The first-order chi connectivity index (χ1) is 12.7. The van der Waals surface area contributed by atoms with Crippen molar-refractivity contribution < 1.29 is 9.90 Å². The van der Waals surface area contributed by atoms with Crippen LogP contribution in [-0.2, 0) is 6.42 Å². The summed E-state index contributed by atoms with van der Waals surface area (Å²) in [7, 11) is 8.38. The number of benzene rings is 1. The largest absolute Gasteiger partial charge is 0.478 e. The van der Waals surface area contributed by atoms with Gasteiger partial charge in [0.25, 0.3) is 0 Å². The van der Waals surface area contributed by atoms with Gasteiger partial charge in [0, 0.05) is 5.69 Å². The zero-order valence-electron chi connectivity index (χ0n) is 17.4. The number of carboxylic acid groups (broad SMARTS) is 1. The van der Waals surface area contributed by atoms with Gasteiger partial charge < -0.3 is 31.3 Å². The Morgan fingerprint density at radius 2 is 1.41 bits per heavy atom. The second-order valence-electron chi connectivity index (χ2n) is 7.66.